The molecule has 1 aromatic rings. The lowest BCUT2D eigenvalue weighted by Crippen LogP contribution is -2.09. The molecule has 2 atom stereocenters. The normalized spacial score (nSPS) is 15.2. The van der Waals surface area contributed by atoms with Crippen molar-refractivity contribution in [2.45, 2.75) is 45.4 Å². The average Bonchev–Trinajstić information content (AvgIpc) is 2.15. The largest absolute Gasteiger partial charge is 0.122 e. The summed E-state index contributed by atoms with van der Waals surface area (Å²) in [5.41, 5.74) is 4.06. The van der Waals surface area contributed by atoms with Gasteiger partial charge in [0.25, 0.3) is 0 Å². The number of benzene rings is 1. The molecule has 0 nitrogen and oxygen atoms in total. The summed E-state index contributed by atoms with van der Waals surface area (Å²) in [6.45, 7) is 8.63. The standard InChI is InChI=1S/C13H19Cl/c1-5-13(14)11(4)12-7-6-9(2)8-10(12)3/h6-8,11,13H,5H2,1-4H3. The second kappa shape index (κ2) is 4.84. The van der Waals surface area contributed by atoms with E-state index in [9.17, 15) is 0 Å². The van der Waals surface area contributed by atoms with Crippen LogP contribution in [0.2, 0.25) is 0 Å². The summed E-state index contributed by atoms with van der Waals surface area (Å²) < 4.78 is 0. The van der Waals surface area contributed by atoms with Gasteiger partial charge in [-0.15, -0.1) is 11.6 Å². The molecular formula is C13H19Cl. The smallest absolute Gasteiger partial charge is 0.0399 e. The Morgan fingerprint density at radius 3 is 2.43 bits per heavy atom. The number of alkyl halides is 1. The van der Waals surface area contributed by atoms with Crippen LogP contribution in [0.5, 0.6) is 0 Å². The minimum Gasteiger partial charge on any atom is -0.122 e. The molecule has 0 aliphatic carbocycles. The van der Waals surface area contributed by atoms with Crippen LogP contribution in [-0.4, -0.2) is 5.38 Å². The molecule has 0 aliphatic rings. The number of hydrogen-bond donors (Lipinski definition) is 0. The van der Waals surface area contributed by atoms with E-state index in [1.807, 2.05) is 0 Å². The van der Waals surface area contributed by atoms with E-state index in [1.54, 1.807) is 0 Å². The first-order chi connectivity index (χ1) is 6.56. The molecule has 78 valence electrons. The van der Waals surface area contributed by atoms with E-state index in [0.717, 1.165) is 6.42 Å². The van der Waals surface area contributed by atoms with Gasteiger partial charge in [-0.05, 0) is 37.3 Å². The molecule has 0 bridgehead atoms. The molecule has 2 unspecified atom stereocenters. The maximum atomic E-state index is 6.26. The van der Waals surface area contributed by atoms with Crippen LogP contribution in [0.3, 0.4) is 0 Å². The molecule has 0 spiro atoms. The Morgan fingerprint density at radius 2 is 1.93 bits per heavy atom. The van der Waals surface area contributed by atoms with Crippen LogP contribution in [0, 0.1) is 13.8 Å². The van der Waals surface area contributed by atoms with Gasteiger partial charge in [0.2, 0.25) is 0 Å². The van der Waals surface area contributed by atoms with Crippen LogP contribution in [0.25, 0.3) is 0 Å². The molecule has 0 amide bonds. The lowest BCUT2D eigenvalue weighted by atomic mass is 9.91. The highest BCUT2D eigenvalue weighted by Gasteiger charge is 2.15. The van der Waals surface area contributed by atoms with Crippen molar-refractivity contribution in [3.8, 4) is 0 Å². The maximum absolute atomic E-state index is 6.26. The quantitative estimate of drug-likeness (QED) is 0.648. The molecule has 0 heterocycles. The Kier molecular flexibility index (Phi) is 4.00. The fourth-order valence-electron chi connectivity index (χ4n) is 1.88. The Hall–Kier alpha value is -0.490. The molecule has 0 aliphatic heterocycles. The van der Waals surface area contributed by atoms with Gasteiger partial charge in [-0.25, -0.2) is 0 Å². The van der Waals surface area contributed by atoms with Gasteiger partial charge >= 0.3 is 0 Å². The molecule has 0 radical (unpaired) electrons. The van der Waals surface area contributed by atoms with Crippen molar-refractivity contribution in [2.24, 2.45) is 0 Å². The molecule has 1 heteroatoms. The SMILES string of the molecule is CCC(Cl)C(C)c1ccc(C)cc1C. The molecule has 0 fully saturated rings. The van der Waals surface area contributed by atoms with Gasteiger partial charge in [-0.3, -0.25) is 0 Å². The van der Waals surface area contributed by atoms with Crippen molar-refractivity contribution >= 4 is 11.6 Å². The van der Waals surface area contributed by atoms with Gasteiger partial charge in [-0.2, -0.15) is 0 Å². The third kappa shape index (κ3) is 2.51. The molecular weight excluding hydrogens is 192 g/mol. The Balaban J connectivity index is 2.95. The zero-order valence-electron chi connectivity index (χ0n) is 9.47. The highest BCUT2D eigenvalue weighted by Crippen LogP contribution is 2.28. The minimum atomic E-state index is 0.247. The van der Waals surface area contributed by atoms with Crippen LogP contribution in [0.4, 0.5) is 0 Å². The van der Waals surface area contributed by atoms with Gasteiger partial charge in [0.05, 0.1) is 0 Å². The lowest BCUT2D eigenvalue weighted by Gasteiger charge is -2.19. The van der Waals surface area contributed by atoms with E-state index in [1.165, 1.54) is 16.7 Å². The predicted molar refractivity (Wildman–Crippen MR) is 64.3 cm³/mol. The predicted octanol–water partition coefficient (Wildman–Crippen LogP) is 4.42. The van der Waals surface area contributed by atoms with Crippen LogP contribution < -0.4 is 0 Å². The summed E-state index contributed by atoms with van der Waals surface area (Å²) in [4.78, 5) is 0. The first-order valence-electron chi connectivity index (χ1n) is 5.27. The van der Waals surface area contributed by atoms with Gasteiger partial charge < -0.3 is 0 Å². The Bertz CT molecular complexity index is 304. The van der Waals surface area contributed by atoms with Crippen LogP contribution in [-0.2, 0) is 0 Å². The Morgan fingerprint density at radius 1 is 1.29 bits per heavy atom. The maximum Gasteiger partial charge on any atom is 0.0399 e. The number of rotatable bonds is 3. The lowest BCUT2D eigenvalue weighted by molar-refractivity contribution is 0.671. The zero-order chi connectivity index (χ0) is 10.7. The summed E-state index contributed by atoms with van der Waals surface area (Å²) >= 11 is 6.26. The van der Waals surface area contributed by atoms with Crippen LogP contribution >= 0.6 is 11.6 Å². The van der Waals surface area contributed by atoms with Crippen LogP contribution in [0.15, 0.2) is 18.2 Å². The summed E-state index contributed by atoms with van der Waals surface area (Å²) in [5, 5.41) is 0.247. The van der Waals surface area contributed by atoms with Crippen molar-refractivity contribution in [1.82, 2.24) is 0 Å². The summed E-state index contributed by atoms with van der Waals surface area (Å²) in [6.07, 6.45) is 1.02. The van der Waals surface area contributed by atoms with Gasteiger partial charge in [-0.1, -0.05) is 37.6 Å². The van der Waals surface area contributed by atoms with Gasteiger partial charge in [0.15, 0.2) is 0 Å². The highest BCUT2D eigenvalue weighted by molar-refractivity contribution is 6.21. The highest BCUT2D eigenvalue weighted by atomic mass is 35.5. The van der Waals surface area contributed by atoms with E-state index in [2.05, 4.69) is 45.9 Å². The van der Waals surface area contributed by atoms with Crippen LogP contribution in [0.1, 0.15) is 42.9 Å². The van der Waals surface area contributed by atoms with E-state index in [4.69, 9.17) is 11.6 Å². The molecule has 1 rings (SSSR count). The Labute approximate surface area is 92.3 Å². The monoisotopic (exact) mass is 210 g/mol. The van der Waals surface area contributed by atoms with E-state index in [-0.39, 0.29) is 5.38 Å². The van der Waals surface area contributed by atoms with Gasteiger partial charge in [0.1, 0.15) is 0 Å². The molecule has 0 N–H and O–H groups in total. The summed E-state index contributed by atoms with van der Waals surface area (Å²) in [7, 11) is 0. The topological polar surface area (TPSA) is 0 Å². The summed E-state index contributed by atoms with van der Waals surface area (Å²) in [5.74, 6) is 0.447. The van der Waals surface area contributed by atoms with Crippen molar-refractivity contribution < 1.29 is 0 Å². The minimum absolute atomic E-state index is 0.247. The van der Waals surface area contributed by atoms with E-state index < -0.39 is 0 Å². The molecule has 0 saturated heterocycles. The third-order valence-corrected chi connectivity index (χ3v) is 3.53. The fraction of sp³-hybridized carbons (Fsp3) is 0.538. The zero-order valence-corrected chi connectivity index (χ0v) is 10.2. The number of aryl methyl sites for hydroxylation is 2. The van der Waals surface area contributed by atoms with Crippen molar-refractivity contribution in [3.05, 3.63) is 34.9 Å². The molecule has 0 aromatic heterocycles. The molecule has 1 aromatic carbocycles. The average molecular weight is 211 g/mol. The molecule has 14 heavy (non-hydrogen) atoms. The second-order valence-corrected chi connectivity index (χ2v) is 4.63. The third-order valence-electron chi connectivity index (χ3n) is 2.85. The second-order valence-electron chi connectivity index (χ2n) is 4.07. The number of halogens is 1. The van der Waals surface area contributed by atoms with Crippen molar-refractivity contribution in [1.29, 1.82) is 0 Å². The van der Waals surface area contributed by atoms with E-state index >= 15 is 0 Å². The van der Waals surface area contributed by atoms with E-state index in [0.29, 0.717) is 5.92 Å². The van der Waals surface area contributed by atoms with Gasteiger partial charge in [0, 0.05) is 5.38 Å². The summed E-state index contributed by atoms with van der Waals surface area (Å²) in [6, 6.07) is 6.60. The van der Waals surface area contributed by atoms with Crippen molar-refractivity contribution in [2.75, 3.05) is 0 Å². The van der Waals surface area contributed by atoms with Crippen molar-refractivity contribution in [3.63, 3.8) is 0 Å². The fourth-order valence-corrected chi connectivity index (χ4v) is 2.02. The first kappa shape index (κ1) is 11.6. The number of hydrogen-bond acceptors (Lipinski definition) is 0. The molecule has 0 saturated carbocycles. The first-order valence-corrected chi connectivity index (χ1v) is 5.71.